The van der Waals surface area contributed by atoms with Crippen LogP contribution in [-0.4, -0.2) is 9.97 Å². The van der Waals surface area contributed by atoms with Crippen molar-refractivity contribution in [2.24, 2.45) is 0 Å². The first-order valence-electron chi connectivity index (χ1n) is 4.35. The van der Waals surface area contributed by atoms with Gasteiger partial charge in [0.05, 0.1) is 4.47 Å². The van der Waals surface area contributed by atoms with E-state index in [-0.39, 0.29) is 5.82 Å². The summed E-state index contributed by atoms with van der Waals surface area (Å²) in [5, 5.41) is 2.82. The fraction of sp³-hybridized carbons (Fsp3) is 0. The van der Waals surface area contributed by atoms with Crippen molar-refractivity contribution in [3.05, 3.63) is 46.8 Å². The molecule has 0 atom stereocenters. The maximum atomic E-state index is 12.9. The van der Waals surface area contributed by atoms with Crippen LogP contribution in [0.2, 0.25) is 0 Å². The summed E-state index contributed by atoms with van der Waals surface area (Å²) in [6.07, 6.45) is 1.11. The van der Waals surface area contributed by atoms with Crippen LogP contribution in [-0.2, 0) is 0 Å². The molecule has 16 heavy (non-hydrogen) atoms. The summed E-state index contributed by atoms with van der Waals surface area (Å²) in [6.45, 7) is 0. The molecule has 0 bridgehead atoms. The monoisotopic (exact) mass is 285 g/mol. The molecule has 6 heteroatoms. The Balaban J connectivity index is 2.24. The first-order valence-corrected chi connectivity index (χ1v) is 5.14. The molecule has 0 aliphatic rings. The van der Waals surface area contributed by atoms with Crippen molar-refractivity contribution < 1.29 is 8.78 Å². The Kier molecular flexibility index (Phi) is 3.09. The Morgan fingerprint density at radius 1 is 1.12 bits per heavy atom. The second-order valence-corrected chi connectivity index (χ2v) is 3.83. The molecule has 1 aromatic heterocycles. The normalized spacial score (nSPS) is 10.2. The highest BCUT2D eigenvalue weighted by Crippen LogP contribution is 2.22. The van der Waals surface area contributed by atoms with Gasteiger partial charge in [-0.3, -0.25) is 0 Å². The van der Waals surface area contributed by atoms with Gasteiger partial charge in [0, 0.05) is 11.8 Å². The molecule has 2 rings (SSSR count). The zero-order chi connectivity index (χ0) is 11.5. The van der Waals surface area contributed by atoms with Crippen molar-refractivity contribution in [2.75, 3.05) is 5.32 Å². The van der Waals surface area contributed by atoms with Gasteiger partial charge in [-0.1, -0.05) is 0 Å². The molecule has 0 fully saturated rings. The predicted molar refractivity (Wildman–Crippen MR) is 59.4 cm³/mol. The van der Waals surface area contributed by atoms with E-state index < -0.39 is 5.95 Å². The number of hydrogen-bond donors (Lipinski definition) is 1. The van der Waals surface area contributed by atoms with Gasteiger partial charge in [-0.25, -0.2) is 14.4 Å². The van der Waals surface area contributed by atoms with Crippen molar-refractivity contribution in [2.45, 2.75) is 0 Å². The molecule has 82 valence electrons. The van der Waals surface area contributed by atoms with Gasteiger partial charge in [0.2, 0.25) is 5.95 Å². The average Bonchev–Trinajstić information content (AvgIpc) is 2.24. The molecule has 2 aromatic rings. The zero-order valence-electron chi connectivity index (χ0n) is 7.92. The summed E-state index contributed by atoms with van der Waals surface area (Å²) in [4.78, 5) is 7.14. The summed E-state index contributed by atoms with van der Waals surface area (Å²) >= 11 is 3.05. The number of nitrogens with one attached hydrogen (secondary N) is 1. The van der Waals surface area contributed by atoms with E-state index in [1.165, 1.54) is 18.2 Å². The Hall–Kier alpha value is -1.56. The molecule has 0 aliphatic heterocycles. The highest BCUT2D eigenvalue weighted by atomic mass is 79.9. The number of halogens is 3. The van der Waals surface area contributed by atoms with Crippen LogP contribution in [0.25, 0.3) is 0 Å². The fourth-order valence-corrected chi connectivity index (χ4v) is 1.50. The van der Waals surface area contributed by atoms with Gasteiger partial charge >= 0.3 is 0 Å². The number of nitrogens with zero attached hydrogens (tertiary/aromatic N) is 2. The lowest BCUT2D eigenvalue weighted by atomic mass is 10.3. The summed E-state index contributed by atoms with van der Waals surface area (Å²) in [5.41, 5.74) is 0.603. The van der Waals surface area contributed by atoms with Crippen molar-refractivity contribution in [1.29, 1.82) is 0 Å². The van der Waals surface area contributed by atoms with Crippen LogP contribution in [0, 0.1) is 11.8 Å². The van der Waals surface area contributed by atoms with Gasteiger partial charge in [-0.2, -0.15) is 4.39 Å². The van der Waals surface area contributed by atoms with E-state index in [2.05, 4.69) is 31.2 Å². The van der Waals surface area contributed by atoms with Crippen molar-refractivity contribution in [1.82, 2.24) is 9.97 Å². The average molecular weight is 286 g/mol. The quantitative estimate of drug-likeness (QED) is 0.861. The van der Waals surface area contributed by atoms with E-state index in [4.69, 9.17) is 0 Å². The largest absolute Gasteiger partial charge is 0.340 e. The maximum Gasteiger partial charge on any atom is 0.218 e. The SMILES string of the molecule is Fc1cc(Nc2ccc(F)c(Br)c2)ncn1. The molecule has 1 aromatic carbocycles. The molecular formula is C10H6BrF2N3. The Morgan fingerprint density at radius 3 is 2.62 bits per heavy atom. The van der Waals surface area contributed by atoms with Crippen LogP contribution in [0.15, 0.2) is 35.1 Å². The van der Waals surface area contributed by atoms with E-state index in [0.29, 0.717) is 16.0 Å². The molecule has 0 aliphatic carbocycles. The number of anilines is 2. The van der Waals surface area contributed by atoms with Crippen LogP contribution in [0.3, 0.4) is 0 Å². The Labute approximate surface area is 98.7 Å². The predicted octanol–water partition coefficient (Wildman–Crippen LogP) is 3.26. The molecule has 0 unspecified atom stereocenters. The number of aromatic nitrogens is 2. The zero-order valence-corrected chi connectivity index (χ0v) is 9.50. The van der Waals surface area contributed by atoms with E-state index in [9.17, 15) is 8.78 Å². The van der Waals surface area contributed by atoms with E-state index >= 15 is 0 Å². The molecular weight excluding hydrogens is 280 g/mol. The standard InChI is InChI=1S/C10H6BrF2N3/c11-7-3-6(1-2-8(7)12)16-10-4-9(13)14-5-15-10/h1-5H,(H,14,15,16). The van der Waals surface area contributed by atoms with Gasteiger partial charge in [0.25, 0.3) is 0 Å². The third-order valence-electron chi connectivity index (χ3n) is 1.83. The lowest BCUT2D eigenvalue weighted by Crippen LogP contribution is -1.96. The molecule has 0 spiro atoms. The second-order valence-electron chi connectivity index (χ2n) is 2.98. The van der Waals surface area contributed by atoms with Gasteiger partial charge in [-0.15, -0.1) is 0 Å². The van der Waals surface area contributed by atoms with Crippen LogP contribution < -0.4 is 5.32 Å². The third-order valence-corrected chi connectivity index (χ3v) is 2.43. The van der Waals surface area contributed by atoms with Gasteiger partial charge in [0.1, 0.15) is 18.0 Å². The molecule has 0 saturated carbocycles. The Morgan fingerprint density at radius 2 is 1.94 bits per heavy atom. The summed E-state index contributed by atoms with van der Waals surface area (Å²) in [7, 11) is 0. The minimum atomic E-state index is -0.626. The summed E-state index contributed by atoms with van der Waals surface area (Å²) < 4.78 is 26.0. The van der Waals surface area contributed by atoms with Crippen LogP contribution in [0.5, 0.6) is 0 Å². The molecule has 1 N–H and O–H groups in total. The molecule has 3 nitrogen and oxygen atoms in total. The van der Waals surface area contributed by atoms with Gasteiger partial charge < -0.3 is 5.32 Å². The topological polar surface area (TPSA) is 37.8 Å². The lowest BCUT2D eigenvalue weighted by Gasteiger charge is -2.05. The van der Waals surface area contributed by atoms with Crippen LogP contribution in [0.4, 0.5) is 20.3 Å². The lowest BCUT2D eigenvalue weighted by molar-refractivity contribution is 0.580. The van der Waals surface area contributed by atoms with Crippen molar-refractivity contribution >= 4 is 27.4 Å². The molecule has 1 heterocycles. The smallest absolute Gasteiger partial charge is 0.218 e. The van der Waals surface area contributed by atoms with Gasteiger partial charge in [0.15, 0.2) is 0 Å². The molecule has 0 saturated heterocycles. The Bertz CT molecular complexity index is 519. The first kappa shape index (κ1) is 10.9. The van der Waals surface area contributed by atoms with Crippen molar-refractivity contribution in [3.63, 3.8) is 0 Å². The van der Waals surface area contributed by atoms with E-state index in [1.54, 1.807) is 0 Å². The van der Waals surface area contributed by atoms with Crippen LogP contribution >= 0.6 is 15.9 Å². The minimum Gasteiger partial charge on any atom is -0.340 e. The first-order chi connectivity index (χ1) is 7.65. The third kappa shape index (κ3) is 2.52. The fourth-order valence-electron chi connectivity index (χ4n) is 1.12. The molecule has 0 radical (unpaired) electrons. The number of hydrogen-bond acceptors (Lipinski definition) is 3. The summed E-state index contributed by atoms with van der Waals surface area (Å²) in [6, 6.07) is 5.51. The van der Waals surface area contributed by atoms with E-state index in [0.717, 1.165) is 12.4 Å². The number of benzene rings is 1. The molecule has 0 amide bonds. The maximum absolute atomic E-state index is 12.9. The van der Waals surface area contributed by atoms with Crippen LogP contribution in [0.1, 0.15) is 0 Å². The minimum absolute atomic E-state index is 0.311. The highest BCUT2D eigenvalue weighted by Gasteiger charge is 2.02. The second kappa shape index (κ2) is 4.52. The highest BCUT2D eigenvalue weighted by molar-refractivity contribution is 9.10. The van der Waals surface area contributed by atoms with E-state index in [1.807, 2.05) is 0 Å². The van der Waals surface area contributed by atoms with Crippen molar-refractivity contribution in [3.8, 4) is 0 Å². The summed E-state index contributed by atoms with van der Waals surface area (Å²) in [5.74, 6) is -0.677. The number of rotatable bonds is 2. The van der Waals surface area contributed by atoms with Gasteiger partial charge in [-0.05, 0) is 34.1 Å².